The Labute approximate surface area is 155 Å². The summed E-state index contributed by atoms with van der Waals surface area (Å²) >= 11 is 11.1. The molecule has 1 heterocycles. The standard InChI is InChI=1S/C18H17ClN4OS/c1-12-3-4-14(13(2)9-12)10-20-23-17(21-22-18(23)25)11-24-16-7-5-15(19)6-8-16/h3-10H,11H2,1-2H3,(H,22,25)/b20-10-. The van der Waals surface area contributed by atoms with E-state index in [0.717, 1.165) is 11.1 Å². The third kappa shape index (κ3) is 4.35. The predicted molar refractivity (Wildman–Crippen MR) is 102 cm³/mol. The predicted octanol–water partition coefficient (Wildman–Crippen LogP) is 4.67. The second-order valence-corrected chi connectivity index (χ2v) is 6.43. The Bertz CT molecular complexity index is 960. The van der Waals surface area contributed by atoms with Crippen molar-refractivity contribution in [3.63, 3.8) is 0 Å². The minimum atomic E-state index is 0.235. The second kappa shape index (κ2) is 7.63. The Kier molecular flexibility index (Phi) is 5.31. The van der Waals surface area contributed by atoms with Crippen LogP contribution < -0.4 is 4.74 Å². The lowest BCUT2D eigenvalue weighted by atomic mass is 10.1. The molecule has 128 valence electrons. The molecule has 0 saturated carbocycles. The molecule has 0 aliphatic heterocycles. The van der Waals surface area contributed by atoms with E-state index in [-0.39, 0.29) is 6.61 Å². The summed E-state index contributed by atoms with van der Waals surface area (Å²) in [6, 6.07) is 13.3. The Balaban J connectivity index is 1.78. The number of hydrogen-bond donors (Lipinski definition) is 1. The molecule has 0 atom stereocenters. The quantitative estimate of drug-likeness (QED) is 0.523. The molecule has 3 rings (SSSR count). The molecule has 0 amide bonds. The van der Waals surface area contributed by atoms with Crippen molar-refractivity contribution in [2.24, 2.45) is 5.10 Å². The number of aryl methyl sites for hydroxylation is 2. The van der Waals surface area contributed by atoms with Gasteiger partial charge in [0.2, 0.25) is 4.77 Å². The Morgan fingerprint density at radius 1 is 1.24 bits per heavy atom. The first-order chi connectivity index (χ1) is 12.0. The second-order valence-electron chi connectivity index (χ2n) is 5.60. The summed E-state index contributed by atoms with van der Waals surface area (Å²) in [6.45, 7) is 4.35. The highest BCUT2D eigenvalue weighted by Crippen LogP contribution is 2.16. The van der Waals surface area contributed by atoms with Crippen molar-refractivity contribution >= 4 is 30.0 Å². The van der Waals surface area contributed by atoms with Crippen molar-refractivity contribution in [2.45, 2.75) is 20.5 Å². The smallest absolute Gasteiger partial charge is 0.216 e. The summed E-state index contributed by atoms with van der Waals surface area (Å²) in [5.74, 6) is 1.28. The van der Waals surface area contributed by atoms with Gasteiger partial charge in [0.1, 0.15) is 12.4 Å². The van der Waals surface area contributed by atoms with Gasteiger partial charge in [0.25, 0.3) is 0 Å². The number of nitrogens with one attached hydrogen (secondary N) is 1. The number of nitrogens with zero attached hydrogens (tertiary/aromatic N) is 3. The van der Waals surface area contributed by atoms with Crippen LogP contribution in [0.4, 0.5) is 0 Å². The fraction of sp³-hybridized carbons (Fsp3) is 0.167. The highest BCUT2D eigenvalue weighted by Gasteiger charge is 2.06. The van der Waals surface area contributed by atoms with Crippen molar-refractivity contribution in [1.82, 2.24) is 14.9 Å². The molecule has 1 aromatic heterocycles. The fourth-order valence-corrected chi connectivity index (χ4v) is 2.63. The highest BCUT2D eigenvalue weighted by molar-refractivity contribution is 7.71. The minimum absolute atomic E-state index is 0.235. The van der Waals surface area contributed by atoms with Gasteiger partial charge in [-0.3, -0.25) is 0 Å². The van der Waals surface area contributed by atoms with Gasteiger partial charge in [-0.2, -0.15) is 14.9 Å². The van der Waals surface area contributed by atoms with Crippen LogP contribution in [0.2, 0.25) is 5.02 Å². The van der Waals surface area contributed by atoms with Crippen LogP contribution >= 0.6 is 23.8 Å². The van der Waals surface area contributed by atoms with Gasteiger partial charge in [-0.25, -0.2) is 5.10 Å². The van der Waals surface area contributed by atoms with Gasteiger partial charge in [0, 0.05) is 5.02 Å². The highest BCUT2D eigenvalue weighted by atomic mass is 35.5. The maximum atomic E-state index is 5.87. The van der Waals surface area contributed by atoms with Gasteiger partial charge >= 0.3 is 0 Å². The van der Waals surface area contributed by atoms with E-state index in [1.54, 1.807) is 35.2 Å². The number of aromatic amines is 1. The lowest BCUT2D eigenvalue weighted by Gasteiger charge is -2.06. The first kappa shape index (κ1) is 17.4. The van der Waals surface area contributed by atoms with Crippen molar-refractivity contribution in [2.75, 3.05) is 0 Å². The average Bonchev–Trinajstić information content (AvgIpc) is 2.94. The topological polar surface area (TPSA) is 55.2 Å². The van der Waals surface area contributed by atoms with Crippen LogP contribution in [0, 0.1) is 18.6 Å². The third-order valence-corrected chi connectivity index (χ3v) is 4.15. The van der Waals surface area contributed by atoms with Gasteiger partial charge < -0.3 is 4.74 Å². The van der Waals surface area contributed by atoms with Gasteiger partial charge in [-0.05, 0) is 61.5 Å². The number of aromatic nitrogens is 3. The zero-order valence-electron chi connectivity index (χ0n) is 13.9. The molecule has 7 heteroatoms. The van der Waals surface area contributed by atoms with E-state index in [2.05, 4.69) is 28.3 Å². The van der Waals surface area contributed by atoms with Crippen LogP contribution in [0.3, 0.4) is 0 Å². The van der Waals surface area contributed by atoms with E-state index in [0.29, 0.717) is 21.4 Å². The zero-order valence-corrected chi connectivity index (χ0v) is 15.4. The SMILES string of the molecule is Cc1ccc(/C=N\n2c(COc3ccc(Cl)cc3)n[nH]c2=S)c(C)c1. The molecule has 0 unspecified atom stereocenters. The number of ether oxygens (including phenoxy) is 1. The molecular weight excluding hydrogens is 356 g/mol. The van der Waals surface area contributed by atoms with Gasteiger partial charge in [0.15, 0.2) is 5.82 Å². The average molecular weight is 373 g/mol. The Morgan fingerprint density at radius 2 is 2.00 bits per heavy atom. The molecule has 0 aliphatic rings. The number of benzene rings is 2. The molecule has 0 bridgehead atoms. The lowest BCUT2D eigenvalue weighted by Crippen LogP contribution is -2.04. The third-order valence-electron chi connectivity index (χ3n) is 3.64. The van der Waals surface area contributed by atoms with E-state index in [1.807, 2.05) is 19.1 Å². The number of H-pyrrole nitrogens is 1. The lowest BCUT2D eigenvalue weighted by molar-refractivity contribution is 0.290. The van der Waals surface area contributed by atoms with Crippen molar-refractivity contribution in [3.05, 3.63) is 74.8 Å². The number of hydrogen-bond acceptors (Lipinski definition) is 4. The molecule has 0 saturated heterocycles. The summed E-state index contributed by atoms with van der Waals surface area (Å²) in [7, 11) is 0. The number of rotatable bonds is 5. The van der Waals surface area contributed by atoms with E-state index in [1.165, 1.54) is 5.56 Å². The van der Waals surface area contributed by atoms with Gasteiger partial charge in [-0.15, -0.1) is 0 Å². The minimum Gasteiger partial charge on any atom is -0.486 e. The Morgan fingerprint density at radius 3 is 2.72 bits per heavy atom. The fourth-order valence-electron chi connectivity index (χ4n) is 2.31. The van der Waals surface area contributed by atoms with Crippen LogP contribution in [0.15, 0.2) is 47.6 Å². The normalized spacial score (nSPS) is 11.2. The molecule has 5 nitrogen and oxygen atoms in total. The molecule has 0 radical (unpaired) electrons. The van der Waals surface area contributed by atoms with E-state index in [4.69, 9.17) is 28.6 Å². The summed E-state index contributed by atoms with van der Waals surface area (Å²) in [4.78, 5) is 0. The van der Waals surface area contributed by atoms with Crippen molar-refractivity contribution in [3.8, 4) is 5.75 Å². The first-order valence-corrected chi connectivity index (χ1v) is 8.48. The van der Waals surface area contributed by atoms with Crippen LogP contribution in [0.25, 0.3) is 0 Å². The summed E-state index contributed by atoms with van der Waals surface area (Å²) in [5.41, 5.74) is 3.39. The molecule has 3 aromatic rings. The van der Waals surface area contributed by atoms with Crippen molar-refractivity contribution < 1.29 is 4.74 Å². The molecule has 0 fully saturated rings. The van der Waals surface area contributed by atoms with E-state index >= 15 is 0 Å². The van der Waals surface area contributed by atoms with Crippen molar-refractivity contribution in [1.29, 1.82) is 0 Å². The Hall–Kier alpha value is -2.44. The molecule has 0 aliphatic carbocycles. The largest absolute Gasteiger partial charge is 0.486 e. The van der Waals surface area contributed by atoms with Crippen LogP contribution in [-0.2, 0) is 6.61 Å². The molecule has 2 aromatic carbocycles. The zero-order chi connectivity index (χ0) is 17.8. The van der Waals surface area contributed by atoms with Crippen LogP contribution in [0.5, 0.6) is 5.75 Å². The monoisotopic (exact) mass is 372 g/mol. The van der Waals surface area contributed by atoms with Crippen LogP contribution in [0.1, 0.15) is 22.5 Å². The van der Waals surface area contributed by atoms with Crippen LogP contribution in [-0.4, -0.2) is 21.1 Å². The number of halogens is 1. The molecule has 1 N–H and O–H groups in total. The molecule has 0 spiro atoms. The summed E-state index contributed by atoms with van der Waals surface area (Å²) < 4.78 is 7.68. The summed E-state index contributed by atoms with van der Waals surface area (Å²) in [6.07, 6.45) is 1.77. The molecule has 25 heavy (non-hydrogen) atoms. The summed E-state index contributed by atoms with van der Waals surface area (Å²) in [5, 5.41) is 12.0. The molecular formula is C18H17ClN4OS. The van der Waals surface area contributed by atoms with E-state index in [9.17, 15) is 0 Å². The van der Waals surface area contributed by atoms with Gasteiger partial charge in [0.05, 0.1) is 6.21 Å². The first-order valence-electron chi connectivity index (χ1n) is 7.69. The van der Waals surface area contributed by atoms with Gasteiger partial charge in [-0.1, -0.05) is 35.4 Å². The maximum Gasteiger partial charge on any atom is 0.216 e. The maximum absolute atomic E-state index is 5.87. The van der Waals surface area contributed by atoms with E-state index < -0.39 is 0 Å².